The molecule has 27 heavy (non-hydrogen) atoms. The van der Waals surface area contributed by atoms with Gasteiger partial charge >= 0.3 is 0 Å². The number of H-pyrrole nitrogens is 1. The molecule has 1 aliphatic carbocycles. The Kier molecular flexibility index (Phi) is 4.82. The van der Waals surface area contributed by atoms with E-state index >= 15 is 0 Å². The van der Waals surface area contributed by atoms with Crippen LogP contribution in [-0.2, 0) is 11.2 Å². The largest absolute Gasteiger partial charge is 0.339 e. The monoisotopic (exact) mass is 371 g/mol. The fourth-order valence-corrected chi connectivity index (χ4v) is 5.19. The molecule has 0 unspecified atom stereocenters. The van der Waals surface area contributed by atoms with Gasteiger partial charge in [0.1, 0.15) is 0 Å². The first-order valence-electron chi connectivity index (χ1n) is 10.4. The first-order chi connectivity index (χ1) is 13.0. The highest BCUT2D eigenvalue weighted by molar-refractivity contribution is 5.95. The summed E-state index contributed by atoms with van der Waals surface area (Å²) in [6.45, 7) is 3.90. The summed E-state index contributed by atoms with van der Waals surface area (Å²) in [4.78, 5) is 44.8. The van der Waals surface area contributed by atoms with Gasteiger partial charge in [-0.3, -0.25) is 14.4 Å². The smallest absolute Gasteiger partial charge is 0.254 e. The molecule has 0 aromatic carbocycles. The van der Waals surface area contributed by atoms with Gasteiger partial charge in [-0.25, -0.2) is 0 Å². The summed E-state index contributed by atoms with van der Waals surface area (Å²) < 4.78 is 0. The van der Waals surface area contributed by atoms with E-state index in [1.165, 1.54) is 18.9 Å². The van der Waals surface area contributed by atoms with E-state index < -0.39 is 5.41 Å². The minimum absolute atomic E-state index is 0.126. The van der Waals surface area contributed by atoms with Crippen molar-refractivity contribution in [1.29, 1.82) is 0 Å². The van der Waals surface area contributed by atoms with Crippen molar-refractivity contribution in [3.05, 3.63) is 33.7 Å². The number of nitrogens with one attached hydrogen (secondary N) is 1. The summed E-state index contributed by atoms with van der Waals surface area (Å²) in [5.74, 6) is 0.134. The maximum atomic E-state index is 13.3. The quantitative estimate of drug-likeness (QED) is 0.886. The van der Waals surface area contributed by atoms with E-state index in [9.17, 15) is 14.4 Å². The summed E-state index contributed by atoms with van der Waals surface area (Å²) in [5.41, 5.74) is 0.544. The number of hydrogen-bond acceptors (Lipinski definition) is 3. The first kappa shape index (κ1) is 18.3. The molecule has 3 aliphatic rings. The summed E-state index contributed by atoms with van der Waals surface area (Å²) >= 11 is 0. The molecule has 1 atom stereocenters. The number of aryl methyl sites for hydroxylation is 1. The molecule has 146 valence electrons. The summed E-state index contributed by atoms with van der Waals surface area (Å²) in [6.07, 6.45) is 7.99. The van der Waals surface area contributed by atoms with Gasteiger partial charge < -0.3 is 14.8 Å². The van der Waals surface area contributed by atoms with E-state index in [0.29, 0.717) is 31.1 Å². The number of likely N-dealkylation sites (tertiary alicyclic amines) is 2. The number of hydrogen-bond donors (Lipinski definition) is 1. The molecule has 4 rings (SSSR count). The van der Waals surface area contributed by atoms with Crippen molar-refractivity contribution in [2.45, 2.75) is 64.3 Å². The van der Waals surface area contributed by atoms with Crippen molar-refractivity contribution in [2.24, 2.45) is 5.41 Å². The van der Waals surface area contributed by atoms with E-state index in [4.69, 9.17) is 0 Å². The fourth-order valence-electron chi connectivity index (χ4n) is 5.19. The van der Waals surface area contributed by atoms with E-state index in [0.717, 1.165) is 44.3 Å². The number of carbonyl (C=O) groups is 2. The number of aromatic nitrogens is 1. The number of pyridine rings is 1. The number of amides is 2. The van der Waals surface area contributed by atoms with Gasteiger partial charge in [0.05, 0.1) is 5.41 Å². The van der Waals surface area contributed by atoms with Crippen molar-refractivity contribution in [3.8, 4) is 0 Å². The molecule has 0 bridgehead atoms. The molecule has 1 N–H and O–H groups in total. The van der Waals surface area contributed by atoms with E-state index in [1.54, 1.807) is 11.0 Å². The number of rotatable bonds is 3. The topological polar surface area (TPSA) is 73.5 Å². The minimum atomic E-state index is -0.411. The van der Waals surface area contributed by atoms with Gasteiger partial charge in [-0.05, 0) is 44.6 Å². The van der Waals surface area contributed by atoms with E-state index in [2.05, 4.69) is 9.88 Å². The maximum absolute atomic E-state index is 13.3. The molecule has 1 aromatic rings. The molecule has 1 saturated carbocycles. The van der Waals surface area contributed by atoms with Crippen LogP contribution >= 0.6 is 0 Å². The zero-order valence-corrected chi connectivity index (χ0v) is 16.1. The van der Waals surface area contributed by atoms with Gasteiger partial charge in [0.15, 0.2) is 0 Å². The lowest BCUT2D eigenvalue weighted by Crippen LogP contribution is -2.53. The van der Waals surface area contributed by atoms with Gasteiger partial charge in [0.25, 0.3) is 5.91 Å². The van der Waals surface area contributed by atoms with Gasteiger partial charge in [-0.15, -0.1) is 0 Å². The third-order valence-electron chi connectivity index (χ3n) is 6.70. The Morgan fingerprint density at radius 2 is 1.93 bits per heavy atom. The average molecular weight is 371 g/mol. The van der Waals surface area contributed by atoms with Crippen LogP contribution in [0.2, 0.25) is 0 Å². The first-order valence-corrected chi connectivity index (χ1v) is 10.4. The molecule has 2 aliphatic heterocycles. The van der Waals surface area contributed by atoms with Crippen LogP contribution in [0.25, 0.3) is 0 Å². The molecule has 6 nitrogen and oxygen atoms in total. The summed E-state index contributed by atoms with van der Waals surface area (Å²) in [5, 5.41) is 0. The van der Waals surface area contributed by atoms with Crippen LogP contribution in [0, 0.1) is 5.41 Å². The molecule has 0 radical (unpaired) electrons. The Morgan fingerprint density at radius 3 is 2.67 bits per heavy atom. The fraction of sp³-hybridized carbons (Fsp3) is 0.667. The van der Waals surface area contributed by atoms with E-state index in [-0.39, 0.29) is 17.4 Å². The minimum Gasteiger partial charge on any atom is -0.339 e. The van der Waals surface area contributed by atoms with Crippen LogP contribution in [0.1, 0.15) is 67.9 Å². The third-order valence-corrected chi connectivity index (χ3v) is 6.70. The predicted molar refractivity (Wildman–Crippen MR) is 103 cm³/mol. The number of aromatic amines is 1. The van der Waals surface area contributed by atoms with Crippen LogP contribution < -0.4 is 5.56 Å². The maximum Gasteiger partial charge on any atom is 0.254 e. The lowest BCUT2D eigenvalue weighted by molar-refractivity contribution is -0.148. The normalized spacial score (nSPS) is 26.3. The Morgan fingerprint density at radius 1 is 1.15 bits per heavy atom. The molecule has 2 amide bonds. The van der Waals surface area contributed by atoms with Crippen LogP contribution in [-0.4, -0.2) is 52.3 Å². The number of piperidine rings is 1. The second-order valence-corrected chi connectivity index (χ2v) is 8.41. The zero-order valence-electron chi connectivity index (χ0n) is 16.1. The summed E-state index contributed by atoms with van der Waals surface area (Å²) in [7, 11) is 0. The molecule has 3 fully saturated rings. The van der Waals surface area contributed by atoms with Crippen molar-refractivity contribution >= 4 is 11.8 Å². The lowest BCUT2D eigenvalue weighted by atomic mass is 9.77. The zero-order chi connectivity index (χ0) is 19.0. The Bertz CT molecular complexity index is 796. The van der Waals surface area contributed by atoms with Gasteiger partial charge in [0.2, 0.25) is 11.5 Å². The highest BCUT2D eigenvalue weighted by Gasteiger charge is 2.50. The van der Waals surface area contributed by atoms with Crippen LogP contribution in [0.3, 0.4) is 0 Å². The highest BCUT2D eigenvalue weighted by atomic mass is 16.2. The van der Waals surface area contributed by atoms with Gasteiger partial charge in [0, 0.05) is 43.0 Å². The molecular weight excluding hydrogens is 342 g/mol. The second kappa shape index (κ2) is 7.13. The van der Waals surface area contributed by atoms with Crippen LogP contribution in [0.4, 0.5) is 0 Å². The molecular formula is C21H29N3O3. The third kappa shape index (κ3) is 3.30. The molecule has 3 heterocycles. The number of nitrogens with zero attached hydrogens (tertiary/aromatic N) is 2. The van der Waals surface area contributed by atoms with Gasteiger partial charge in [-0.2, -0.15) is 0 Å². The standard InChI is InChI=1S/C21H29N3O3/c1-2-16-12-15(13-18(25)22-16)19(26)23-11-9-21(14-23)8-5-10-24(20(21)27)17-6-3-4-7-17/h12-13,17H,2-11,14H2,1H3,(H,22,25)/t21-/m0/s1. The second-order valence-electron chi connectivity index (χ2n) is 8.41. The van der Waals surface area contributed by atoms with Crippen LogP contribution in [0.5, 0.6) is 0 Å². The molecule has 6 heteroatoms. The van der Waals surface area contributed by atoms with Crippen molar-refractivity contribution in [2.75, 3.05) is 19.6 Å². The molecule has 1 aromatic heterocycles. The Labute approximate surface area is 159 Å². The highest BCUT2D eigenvalue weighted by Crippen LogP contribution is 2.42. The number of carbonyl (C=O) groups excluding carboxylic acids is 2. The Hall–Kier alpha value is -2.11. The molecule has 2 saturated heterocycles. The lowest BCUT2D eigenvalue weighted by Gasteiger charge is -2.42. The van der Waals surface area contributed by atoms with Crippen molar-refractivity contribution in [1.82, 2.24) is 14.8 Å². The SMILES string of the molecule is CCc1cc(C(=O)N2CC[C@@]3(CCCN(C4CCCC4)C3=O)C2)cc(=O)[nH]1. The molecule has 1 spiro atoms. The predicted octanol–water partition coefficient (Wildman–Crippen LogP) is 2.33. The Balaban J connectivity index is 1.52. The van der Waals surface area contributed by atoms with Gasteiger partial charge in [-0.1, -0.05) is 19.8 Å². The van der Waals surface area contributed by atoms with Crippen molar-refractivity contribution < 1.29 is 9.59 Å². The summed E-state index contributed by atoms with van der Waals surface area (Å²) in [6, 6.07) is 3.54. The van der Waals surface area contributed by atoms with Crippen molar-refractivity contribution in [3.63, 3.8) is 0 Å². The average Bonchev–Trinajstić information content (AvgIpc) is 3.34. The van der Waals surface area contributed by atoms with Crippen LogP contribution in [0.15, 0.2) is 16.9 Å². The van der Waals surface area contributed by atoms with E-state index in [1.807, 2.05) is 6.92 Å².